The van der Waals surface area contributed by atoms with E-state index in [1.54, 1.807) is 0 Å². The zero-order valence-corrected chi connectivity index (χ0v) is 11.3. The monoisotopic (exact) mass is 261 g/mol. The first-order valence-electron chi connectivity index (χ1n) is 6.61. The molecule has 0 aliphatic carbocycles. The molecule has 102 valence electrons. The number of hydrogen-bond acceptors (Lipinski definition) is 4. The van der Waals surface area contributed by atoms with Crippen molar-refractivity contribution >= 4 is 23.0 Å². The van der Waals surface area contributed by atoms with Gasteiger partial charge in [0.05, 0.1) is 17.6 Å². The van der Waals surface area contributed by atoms with Crippen LogP contribution in [0, 0.1) is 0 Å². The minimum absolute atomic E-state index is 0.183. The Hall–Kier alpha value is -2.04. The number of rotatable bonds is 6. The molecule has 0 aliphatic rings. The molecular weight excluding hydrogens is 242 g/mol. The molecule has 2 aromatic rings. The summed E-state index contributed by atoms with van der Waals surface area (Å²) in [6, 6.07) is 7.76. The van der Waals surface area contributed by atoms with E-state index in [0.717, 1.165) is 24.0 Å². The lowest BCUT2D eigenvalue weighted by atomic mass is 10.3. The first-order chi connectivity index (χ1) is 9.26. The van der Waals surface area contributed by atoms with Crippen LogP contribution in [-0.2, 0) is 16.1 Å². The van der Waals surface area contributed by atoms with E-state index in [2.05, 4.69) is 10.3 Å². The Kier molecular flexibility index (Phi) is 4.39. The summed E-state index contributed by atoms with van der Waals surface area (Å²) in [4.78, 5) is 16.3. The summed E-state index contributed by atoms with van der Waals surface area (Å²) in [7, 11) is 0. The maximum atomic E-state index is 11.8. The molecule has 0 radical (unpaired) electrons. The van der Waals surface area contributed by atoms with Crippen molar-refractivity contribution in [2.45, 2.75) is 26.8 Å². The van der Waals surface area contributed by atoms with Crippen molar-refractivity contribution in [1.29, 1.82) is 0 Å². The molecule has 0 fully saturated rings. The number of esters is 1. The molecule has 1 N–H and O–H groups in total. The van der Waals surface area contributed by atoms with Gasteiger partial charge in [0.1, 0.15) is 6.54 Å². The highest BCUT2D eigenvalue weighted by Gasteiger charge is 2.13. The maximum absolute atomic E-state index is 11.8. The maximum Gasteiger partial charge on any atom is 0.326 e. The molecule has 0 spiro atoms. The van der Waals surface area contributed by atoms with E-state index in [9.17, 15) is 4.79 Å². The number of nitrogens with one attached hydrogen (secondary N) is 1. The standard InChI is InChI=1S/C14H19N3O2/c1-3-9-19-13(18)10-17-12-8-6-5-7-11(12)16-14(17)15-4-2/h5-8H,3-4,9-10H2,1-2H3,(H,15,16). The van der Waals surface area contributed by atoms with Crippen LogP contribution in [-0.4, -0.2) is 28.7 Å². The van der Waals surface area contributed by atoms with Crippen LogP contribution in [0.3, 0.4) is 0 Å². The highest BCUT2D eigenvalue weighted by Crippen LogP contribution is 2.19. The van der Waals surface area contributed by atoms with Crippen LogP contribution in [0.1, 0.15) is 20.3 Å². The van der Waals surface area contributed by atoms with Crippen LogP contribution in [0.15, 0.2) is 24.3 Å². The average Bonchev–Trinajstić information content (AvgIpc) is 2.75. The van der Waals surface area contributed by atoms with E-state index in [1.807, 2.05) is 42.7 Å². The average molecular weight is 261 g/mol. The number of fused-ring (bicyclic) bond motifs is 1. The van der Waals surface area contributed by atoms with E-state index >= 15 is 0 Å². The number of imidazole rings is 1. The summed E-state index contributed by atoms with van der Waals surface area (Å²) >= 11 is 0. The normalized spacial score (nSPS) is 10.6. The Morgan fingerprint density at radius 1 is 1.37 bits per heavy atom. The minimum atomic E-state index is -0.232. The van der Waals surface area contributed by atoms with Crippen LogP contribution >= 0.6 is 0 Å². The molecular formula is C14H19N3O2. The number of carbonyl (C=O) groups excluding carboxylic acids is 1. The second-order valence-corrected chi connectivity index (χ2v) is 4.26. The molecule has 0 unspecified atom stereocenters. The summed E-state index contributed by atoms with van der Waals surface area (Å²) in [6.45, 7) is 5.38. The summed E-state index contributed by atoms with van der Waals surface area (Å²) in [5.74, 6) is 0.473. The molecule has 5 heteroatoms. The second-order valence-electron chi connectivity index (χ2n) is 4.26. The number of aromatic nitrogens is 2. The SMILES string of the molecule is CCCOC(=O)Cn1c(NCC)nc2ccccc21. The Morgan fingerprint density at radius 3 is 2.89 bits per heavy atom. The number of ether oxygens (including phenoxy) is 1. The van der Waals surface area contributed by atoms with Gasteiger partial charge in [-0.15, -0.1) is 0 Å². The first kappa shape index (κ1) is 13.4. The molecule has 5 nitrogen and oxygen atoms in total. The zero-order chi connectivity index (χ0) is 13.7. The van der Waals surface area contributed by atoms with Gasteiger partial charge in [-0.3, -0.25) is 9.36 Å². The third-order valence-corrected chi connectivity index (χ3v) is 2.74. The lowest BCUT2D eigenvalue weighted by Gasteiger charge is -2.09. The number of nitrogens with zero attached hydrogens (tertiary/aromatic N) is 2. The van der Waals surface area contributed by atoms with Gasteiger partial charge in [-0.1, -0.05) is 19.1 Å². The van der Waals surface area contributed by atoms with Crippen LogP contribution in [0.5, 0.6) is 0 Å². The highest BCUT2D eigenvalue weighted by molar-refractivity contribution is 5.81. The van der Waals surface area contributed by atoms with Gasteiger partial charge in [-0.25, -0.2) is 4.98 Å². The molecule has 19 heavy (non-hydrogen) atoms. The van der Waals surface area contributed by atoms with Gasteiger partial charge in [0.25, 0.3) is 0 Å². The molecule has 0 atom stereocenters. The fourth-order valence-corrected chi connectivity index (χ4v) is 1.92. The second kappa shape index (κ2) is 6.22. The minimum Gasteiger partial charge on any atom is -0.464 e. The summed E-state index contributed by atoms with van der Waals surface area (Å²) in [5, 5.41) is 3.17. The van der Waals surface area contributed by atoms with Gasteiger partial charge in [-0.2, -0.15) is 0 Å². The van der Waals surface area contributed by atoms with Crippen molar-refractivity contribution in [2.75, 3.05) is 18.5 Å². The summed E-state index contributed by atoms with van der Waals surface area (Å²) < 4.78 is 6.99. The van der Waals surface area contributed by atoms with E-state index in [1.165, 1.54) is 0 Å². The van der Waals surface area contributed by atoms with Crippen LogP contribution < -0.4 is 5.32 Å². The van der Waals surface area contributed by atoms with Crippen molar-refractivity contribution in [3.63, 3.8) is 0 Å². The van der Waals surface area contributed by atoms with E-state index in [-0.39, 0.29) is 12.5 Å². The zero-order valence-electron chi connectivity index (χ0n) is 11.3. The molecule has 2 rings (SSSR count). The number of carbonyl (C=O) groups is 1. The van der Waals surface area contributed by atoms with Gasteiger partial charge in [0.2, 0.25) is 5.95 Å². The lowest BCUT2D eigenvalue weighted by molar-refractivity contribution is -0.144. The van der Waals surface area contributed by atoms with E-state index in [4.69, 9.17) is 4.74 Å². The predicted molar refractivity (Wildman–Crippen MR) is 75.1 cm³/mol. The van der Waals surface area contributed by atoms with Crippen molar-refractivity contribution in [3.8, 4) is 0 Å². The van der Waals surface area contributed by atoms with Crippen LogP contribution in [0.25, 0.3) is 11.0 Å². The summed E-state index contributed by atoms with van der Waals surface area (Å²) in [6.07, 6.45) is 0.830. The highest BCUT2D eigenvalue weighted by atomic mass is 16.5. The third-order valence-electron chi connectivity index (χ3n) is 2.74. The number of benzene rings is 1. The topological polar surface area (TPSA) is 56.1 Å². The van der Waals surface area contributed by atoms with Crippen molar-refractivity contribution in [3.05, 3.63) is 24.3 Å². The van der Waals surface area contributed by atoms with Gasteiger partial charge < -0.3 is 10.1 Å². The predicted octanol–water partition coefficient (Wildman–Crippen LogP) is 2.42. The fourth-order valence-electron chi connectivity index (χ4n) is 1.92. The van der Waals surface area contributed by atoms with Crippen LogP contribution in [0.2, 0.25) is 0 Å². The fraction of sp³-hybridized carbons (Fsp3) is 0.429. The third kappa shape index (κ3) is 3.05. The summed E-state index contributed by atoms with van der Waals surface area (Å²) in [5.41, 5.74) is 1.81. The smallest absolute Gasteiger partial charge is 0.326 e. The molecule has 0 saturated heterocycles. The van der Waals surface area contributed by atoms with Crippen molar-refractivity contribution in [1.82, 2.24) is 9.55 Å². The molecule has 0 bridgehead atoms. The Labute approximate surface area is 112 Å². The largest absolute Gasteiger partial charge is 0.464 e. The molecule has 0 amide bonds. The number of anilines is 1. The molecule has 0 saturated carbocycles. The van der Waals surface area contributed by atoms with Gasteiger partial charge in [-0.05, 0) is 25.5 Å². The molecule has 1 heterocycles. The van der Waals surface area contributed by atoms with Gasteiger partial charge in [0.15, 0.2) is 0 Å². The Morgan fingerprint density at radius 2 is 2.16 bits per heavy atom. The van der Waals surface area contributed by atoms with E-state index in [0.29, 0.717) is 12.6 Å². The van der Waals surface area contributed by atoms with Gasteiger partial charge in [0, 0.05) is 6.54 Å². The van der Waals surface area contributed by atoms with Crippen molar-refractivity contribution < 1.29 is 9.53 Å². The Bertz CT molecular complexity index is 563. The van der Waals surface area contributed by atoms with Crippen molar-refractivity contribution in [2.24, 2.45) is 0 Å². The first-order valence-corrected chi connectivity index (χ1v) is 6.61. The quantitative estimate of drug-likeness (QED) is 0.811. The lowest BCUT2D eigenvalue weighted by Crippen LogP contribution is -2.16. The molecule has 1 aromatic carbocycles. The van der Waals surface area contributed by atoms with Gasteiger partial charge >= 0.3 is 5.97 Å². The van der Waals surface area contributed by atoms with Crippen LogP contribution in [0.4, 0.5) is 5.95 Å². The Balaban J connectivity index is 2.28. The number of hydrogen-bond donors (Lipinski definition) is 1. The number of para-hydroxylation sites is 2. The molecule has 1 aromatic heterocycles. The molecule has 0 aliphatic heterocycles. The van der Waals surface area contributed by atoms with E-state index < -0.39 is 0 Å².